The Labute approximate surface area is 220 Å². The van der Waals surface area contributed by atoms with E-state index in [-0.39, 0.29) is 23.6 Å². The van der Waals surface area contributed by atoms with E-state index >= 15 is 0 Å². The highest BCUT2D eigenvalue weighted by atomic mass is 19.1. The predicted octanol–water partition coefficient (Wildman–Crippen LogP) is 6.17. The van der Waals surface area contributed by atoms with Crippen LogP contribution in [0, 0.1) is 11.7 Å². The first-order valence-electron chi connectivity index (χ1n) is 13.1. The number of aryl methyl sites for hydroxylation is 1. The predicted molar refractivity (Wildman–Crippen MR) is 149 cm³/mol. The lowest BCUT2D eigenvalue weighted by atomic mass is 9.83. The van der Waals surface area contributed by atoms with Crippen LogP contribution < -0.4 is 15.8 Å². The zero-order chi connectivity index (χ0) is 27.8. The van der Waals surface area contributed by atoms with Crippen molar-refractivity contribution in [2.75, 3.05) is 0 Å². The summed E-state index contributed by atoms with van der Waals surface area (Å²) < 4.78 is 18.1. The summed E-state index contributed by atoms with van der Waals surface area (Å²) in [4.78, 5) is 23.6. The number of alkyl carbamates (subject to hydrolysis) is 1. The third-order valence-corrected chi connectivity index (χ3v) is 6.00. The molecule has 2 aromatic carbocycles. The Morgan fingerprint density at radius 1 is 1.11 bits per heavy atom. The molecule has 202 valence electrons. The highest BCUT2D eigenvalue weighted by Crippen LogP contribution is 2.29. The first-order chi connectivity index (χ1) is 17.7. The molecule has 3 rings (SSSR count). The van der Waals surface area contributed by atoms with Crippen LogP contribution in [0.3, 0.4) is 0 Å². The Balaban J connectivity index is 0.000000475. The molecule has 6 heteroatoms. The third kappa shape index (κ3) is 11.0. The Morgan fingerprint density at radius 2 is 1.76 bits per heavy atom. The van der Waals surface area contributed by atoms with Crippen LogP contribution in [0.1, 0.15) is 72.3 Å². The van der Waals surface area contributed by atoms with Gasteiger partial charge in [0, 0.05) is 18.0 Å². The second-order valence-corrected chi connectivity index (χ2v) is 8.71. The lowest BCUT2D eigenvalue weighted by Gasteiger charge is -2.30. The number of hydrogen-bond donors (Lipinski definition) is 2. The van der Waals surface area contributed by atoms with Crippen molar-refractivity contribution in [2.24, 2.45) is 5.92 Å². The maximum Gasteiger partial charge on any atom is 0.411 e. The maximum absolute atomic E-state index is 12.5. The largest absolute Gasteiger partial charge is 0.505 e. The van der Waals surface area contributed by atoms with Crippen LogP contribution in [-0.2, 0) is 16.0 Å². The summed E-state index contributed by atoms with van der Waals surface area (Å²) in [5.41, 5.74) is 1.14. The van der Waals surface area contributed by atoms with Gasteiger partial charge in [-0.1, -0.05) is 76.2 Å². The number of rotatable bonds is 6. The van der Waals surface area contributed by atoms with Crippen LogP contribution in [-0.4, -0.2) is 23.1 Å². The number of aromatic hydroxyl groups is 1. The van der Waals surface area contributed by atoms with Crippen molar-refractivity contribution in [3.8, 4) is 5.75 Å². The summed E-state index contributed by atoms with van der Waals surface area (Å²) in [6, 6.07) is 12.4. The lowest BCUT2D eigenvalue weighted by molar-refractivity contribution is -0.119. The van der Waals surface area contributed by atoms with Crippen LogP contribution in [0.2, 0.25) is 0 Å². The molecule has 5 nitrogen and oxygen atoms in total. The highest BCUT2D eigenvalue weighted by molar-refractivity contribution is 5.76. The first kappa shape index (κ1) is 31.6. The molecule has 0 saturated heterocycles. The van der Waals surface area contributed by atoms with Gasteiger partial charge in [-0.05, 0) is 67.7 Å². The molecule has 2 N–H and O–H groups in total. The van der Waals surface area contributed by atoms with Gasteiger partial charge in [0.05, 0.1) is 0 Å². The summed E-state index contributed by atoms with van der Waals surface area (Å²) in [6.45, 7) is 13.3. The minimum atomic E-state index is -0.542. The number of ether oxygens (including phenoxy) is 1. The monoisotopic (exact) mass is 511 g/mol. The number of Topliss-reactive ketones (excluding diaryl/α,β-unsaturated/α-hetero) is 1. The van der Waals surface area contributed by atoms with Gasteiger partial charge in [-0.15, -0.1) is 0 Å². The van der Waals surface area contributed by atoms with E-state index in [1.165, 1.54) is 6.07 Å². The molecule has 0 aliphatic heterocycles. The number of hydrogen-bond acceptors (Lipinski definition) is 4. The molecule has 1 fully saturated rings. The smallest absolute Gasteiger partial charge is 0.411 e. The second kappa shape index (κ2) is 17.1. The number of benzene rings is 2. The van der Waals surface area contributed by atoms with Gasteiger partial charge in [0.1, 0.15) is 11.9 Å². The number of carbonyl (C=O) groups is 2. The average Bonchev–Trinajstić information content (AvgIpc) is 2.88. The molecule has 1 aliphatic carbocycles. The van der Waals surface area contributed by atoms with E-state index < -0.39 is 11.9 Å². The number of carbonyl (C=O) groups excluding carboxylic acids is 2. The Hall–Kier alpha value is -3.41. The van der Waals surface area contributed by atoms with Gasteiger partial charge in [-0.25, -0.2) is 9.18 Å². The van der Waals surface area contributed by atoms with Gasteiger partial charge in [0.25, 0.3) is 0 Å². The molecule has 37 heavy (non-hydrogen) atoms. The fourth-order valence-electron chi connectivity index (χ4n) is 4.20. The number of ketones is 1. The van der Waals surface area contributed by atoms with Crippen molar-refractivity contribution in [2.45, 2.75) is 79.2 Å². The summed E-state index contributed by atoms with van der Waals surface area (Å²) in [6.07, 6.45) is 8.13. The van der Waals surface area contributed by atoms with Crippen molar-refractivity contribution in [3.63, 3.8) is 0 Å². The number of amides is 1. The minimum Gasteiger partial charge on any atom is -0.505 e. The fraction of sp³-hybridized carbons (Fsp3) is 0.419. The number of para-hydroxylation sites is 1. The summed E-state index contributed by atoms with van der Waals surface area (Å²) >= 11 is 0. The van der Waals surface area contributed by atoms with Gasteiger partial charge in [-0.2, -0.15) is 0 Å². The lowest BCUT2D eigenvalue weighted by Crippen LogP contribution is -2.35. The van der Waals surface area contributed by atoms with E-state index in [9.17, 15) is 14.0 Å². The Morgan fingerprint density at radius 3 is 2.35 bits per heavy atom. The van der Waals surface area contributed by atoms with Crippen LogP contribution in [0.25, 0.3) is 12.2 Å². The molecule has 1 aliphatic rings. The molecule has 1 unspecified atom stereocenters. The van der Waals surface area contributed by atoms with Crippen molar-refractivity contribution in [1.82, 2.24) is 5.32 Å². The molecule has 0 radical (unpaired) electrons. The van der Waals surface area contributed by atoms with E-state index in [1.54, 1.807) is 19.1 Å². The third-order valence-electron chi connectivity index (χ3n) is 6.00. The minimum absolute atomic E-state index is 0.129. The quantitative estimate of drug-likeness (QED) is 0.487. The normalized spacial score (nSPS) is 17.5. The second-order valence-electron chi connectivity index (χ2n) is 8.71. The van der Waals surface area contributed by atoms with E-state index in [1.807, 2.05) is 64.1 Å². The van der Waals surface area contributed by atoms with Gasteiger partial charge in [-0.3, -0.25) is 5.32 Å². The maximum atomic E-state index is 12.5. The zero-order valence-corrected chi connectivity index (χ0v) is 22.9. The van der Waals surface area contributed by atoms with E-state index in [0.717, 1.165) is 36.1 Å². The number of nitrogens with one attached hydrogen (secondary N) is 1. The molecular formula is C31H42FNO4. The van der Waals surface area contributed by atoms with Gasteiger partial charge in [0.2, 0.25) is 0 Å². The molecule has 0 bridgehead atoms. The molecule has 2 aromatic rings. The van der Waals surface area contributed by atoms with Crippen molar-refractivity contribution < 1.29 is 23.8 Å². The molecular weight excluding hydrogens is 469 g/mol. The molecule has 0 spiro atoms. The van der Waals surface area contributed by atoms with Gasteiger partial charge < -0.3 is 14.6 Å². The van der Waals surface area contributed by atoms with Gasteiger partial charge >= 0.3 is 6.09 Å². The van der Waals surface area contributed by atoms with Crippen LogP contribution in [0.5, 0.6) is 5.75 Å². The molecule has 0 heterocycles. The number of halogens is 1. The zero-order valence-electron chi connectivity index (χ0n) is 22.9. The topological polar surface area (TPSA) is 75.6 Å². The number of phenols is 1. The molecule has 2 atom stereocenters. The molecule has 1 amide bonds. The number of allylic oxidation sites excluding steroid dienone is 1. The van der Waals surface area contributed by atoms with E-state index in [0.29, 0.717) is 24.1 Å². The number of phenolic OH excluding ortho intramolecular Hbond substituents is 1. The van der Waals surface area contributed by atoms with Crippen LogP contribution in [0.4, 0.5) is 9.18 Å². The highest BCUT2D eigenvalue weighted by Gasteiger charge is 2.29. The van der Waals surface area contributed by atoms with Crippen molar-refractivity contribution in [3.05, 3.63) is 76.6 Å². The summed E-state index contributed by atoms with van der Waals surface area (Å²) in [5.74, 6) is -0.486. The SMILES string of the molecule is C=C(/C=c1/cccc/c1=C/C)NC(=O)OC1CCCC[C@@H]1CC(C)=O.CC.CCc1cccc(F)c1O. The van der Waals surface area contributed by atoms with E-state index in [2.05, 4.69) is 11.9 Å². The average molecular weight is 512 g/mol. The summed E-state index contributed by atoms with van der Waals surface area (Å²) in [7, 11) is 0. The molecule has 1 saturated carbocycles. The molecule has 0 aromatic heterocycles. The fourth-order valence-corrected chi connectivity index (χ4v) is 4.20. The van der Waals surface area contributed by atoms with Crippen LogP contribution >= 0.6 is 0 Å². The standard InChI is InChI=1S/C21H27NO3.C8H9FO.C2H6/c1-4-17-9-5-6-10-18(17)13-15(2)22-21(24)25-20-12-8-7-11-19(20)14-16(3)23;1-2-6-4-3-5-7(9)8(6)10;1-2/h4-6,9-10,13,19-20H,2,7-8,11-12,14H2,1,3H3,(H,22,24);3-5,10H,2H2,1H3;1-2H3/b17-4-,18-13-;;/t19-,20?;;/m1../s1. The van der Waals surface area contributed by atoms with Crippen molar-refractivity contribution in [1.29, 1.82) is 0 Å². The first-order valence-corrected chi connectivity index (χ1v) is 13.1. The Kier molecular flexibility index (Phi) is 14.6. The van der Waals surface area contributed by atoms with E-state index in [4.69, 9.17) is 9.84 Å². The summed E-state index contributed by atoms with van der Waals surface area (Å²) in [5, 5.41) is 13.8. The van der Waals surface area contributed by atoms with Crippen molar-refractivity contribution >= 4 is 24.0 Å². The van der Waals surface area contributed by atoms with Gasteiger partial charge in [0.15, 0.2) is 11.6 Å². The Bertz CT molecular complexity index is 1140. The van der Waals surface area contributed by atoms with Crippen LogP contribution in [0.15, 0.2) is 54.7 Å².